The molecule has 0 N–H and O–H groups in total. The Morgan fingerprint density at radius 1 is 1.07 bits per heavy atom. The highest BCUT2D eigenvalue weighted by Crippen LogP contribution is 2.39. The summed E-state index contributed by atoms with van der Waals surface area (Å²) in [6.45, 7) is 12.4. The van der Waals surface area contributed by atoms with Crippen LogP contribution in [0.2, 0.25) is 0 Å². The molecule has 2 rings (SSSR count). The largest absolute Gasteiger partial charge is 0.482 e. The summed E-state index contributed by atoms with van der Waals surface area (Å²) in [6, 6.07) is 9.07. The maximum absolute atomic E-state index is 13.3. The Labute approximate surface area is 168 Å². The minimum atomic E-state index is -0.714. The van der Waals surface area contributed by atoms with Gasteiger partial charge in [0, 0.05) is 12.1 Å². The van der Waals surface area contributed by atoms with E-state index in [4.69, 9.17) is 14.0 Å². The summed E-state index contributed by atoms with van der Waals surface area (Å²) in [5, 5.41) is 0. The number of esters is 1. The number of rotatable bonds is 8. The maximum Gasteiger partial charge on any atom is 0.482 e. The molecule has 0 aromatic heterocycles. The number of ether oxygens (including phenoxy) is 1. The first-order valence-electron chi connectivity index (χ1n) is 10.00. The van der Waals surface area contributed by atoms with Gasteiger partial charge in [-0.3, -0.25) is 9.59 Å². The summed E-state index contributed by atoms with van der Waals surface area (Å²) in [6.07, 6.45) is 0.765. The van der Waals surface area contributed by atoms with Crippen LogP contribution in [0.1, 0.15) is 64.7 Å². The van der Waals surface area contributed by atoms with Crippen molar-refractivity contribution in [1.82, 2.24) is 4.90 Å². The van der Waals surface area contributed by atoms with Crippen LogP contribution in [0.15, 0.2) is 30.3 Å². The third kappa shape index (κ3) is 4.94. The Balaban J connectivity index is 2.37. The van der Waals surface area contributed by atoms with Crippen LogP contribution in [0.4, 0.5) is 0 Å². The molecule has 6 nitrogen and oxygen atoms in total. The molecule has 0 bridgehead atoms. The zero-order valence-corrected chi connectivity index (χ0v) is 17.9. The Bertz CT molecular complexity index is 661. The first-order valence-corrected chi connectivity index (χ1v) is 10.00. The average molecular weight is 389 g/mol. The highest BCUT2D eigenvalue weighted by molar-refractivity contribution is 6.48. The number of nitrogens with zero attached hydrogens (tertiary/aromatic N) is 1. The highest BCUT2D eigenvalue weighted by Gasteiger charge is 2.55. The molecule has 1 aromatic carbocycles. The molecule has 0 aliphatic carbocycles. The lowest BCUT2D eigenvalue weighted by Crippen LogP contribution is -2.52. The molecule has 28 heavy (non-hydrogen) atoms. The Kier molecular flexibility index (Phi) is 7.29. The summed E-state index contributed by atoms with van der Waals surface area (Å²) in [5.74, 6) is -1.09. The number of carbonyl (C=O) groups excluding carboxylic acids is 2. The van der Waals surface area contributed by atoms with E-state index in [-0.39, 0.29) is 24.9 Å². The molecule has 1 aliphatic rings. The van der Waals surface area contributed by atoms with E-state index in [0.29, 0.717) is 12.1 Å². The average Bonchev–Trinajstić information content (AvgIpc) is 2.86. The van der Waals surface area contributed by atoms with Crippen molar-refractivity contribution in [3.05, 3.63) is 35.9 Å². The first-order chi connectivity index (χ1) is 13.1. The molecule has 0 spiro atoms. The van der Waals surface area contributed by atoms with Gasteiger partial charge in [0.15, 0.2) is 0 Å². The van der Waals surface area contributed by atoms with Crippen molar-refractivity contribution in [2.75, 3.05) is 13.2 Å². The quantitative estimate of drug-likeness (QED) is 0.503. The van der Waals surface area contributed by atoms with Gasteiger partial charge in [-0.15, -0.1) is 0 Å². The second-order valence-corrected chi connectivity index (χ2v) is 8.07. The molecule has 0 radical (unpaired) electrons. The van der Waals surface area contributed by atoms with Gasteiger partial charge in [-0.05, 0) is 53.2 Å². The fourth-order valence-electron chi connectivity index (χ4n) is 3.20. The molecule has 1 amide bonds. The lowest BCUT2D eigenvalue weighted by atomic mass is 9.74. The predicted octanol–water partition coefficient (Wildman–Crippen LogP) is 3.49. The van der Waals surface area contributed by atoms with Crippen molar-refractivity contribution in [3.8, 4) is 0 Å². The van der Waals surface area contributed by atoms with E-state index < -0.39 is 24.3 Å². The SMILES string of the molecule is CCCN(C(=O)c1ccccc1)[C@@H](CC(=O)OCC)B1OC(C)(C)C(C)(C)O1. The zero-order chi connectivity index (χ0) is 20.9. The Morgan fingerprint density at radius 3 is 2.14 bits per heavy atom. The Hall–Kier alpha value is -1.86. The van der Waals surface area contributed by atoms with E-state index >= 15 is 0 Å². The van der Waals surface area contributed by atoms with Crippen molar-refractivity contribution >= 4 is 19.0 Å². The minimum absolute atomic E-state index is 0.0171. The lowest BCUT2D eigenvalue weighted by molar-refractivity contribution is -0.143. The summed E-state index contributed by atoms with van der Waals surface area (Å²) in [4.78, 5) is 27.3. The smallest absolute Gasteiger partial charge is 0.466 e. The standard InChI is InChI=1S/C21H32BNO5/c1-7-14-23(19(25)16-12-10-9-11-13-16)17(15-18(24)26-8-2)22-27-20(3,4)21(5,6)28-22/h9-13,17H,7-8,14-15H2,1-6H3/t17-/m0/s1. The second kappa shape index (κ2) is 9.10. The molecule has 1 aromatic rings. The molecule has 1 heterocycles. The molecular weight excluding hydrogens is 357 g/mol. The second-order valence-electron chi connectivity index (χ2n) is 8.07. The fraction of sp³-hybridized carbons (Fsp3) is 0.619. The number of carbonyl (C=O) groups is 2. The molecular formula is C21H32BNO5. The number of amides is 1. The third-order valence-electron chi connectivity index (χ3n) is 5.41. The maximum atomic E-state index is 13.3. The van der Waals surface area contributed by atoms with Gasteiger partial charge in [-0.25, -0.2) is 0 Å². The van der Waals surface area contributed by atoms with Crippen LogP contribution in [-0.2, 0) is 18.8 Å². The minimum Gasteiger partial charge on any atom is -0.466 e. The van der Waals surface area contributed by atoms with E-state index in [1.54, 1.807) is 24.0 Å². The molecule has 1 aliphatic heterocycles. The van der Waals surface area contributed by atoms with Crippen LogP contribution in [0, 0.1) is 0 Å². The molecule has 1 atom stereocenters. The van der Waals surface area contributed by atoms with Gasteiger partial charge in [-0.2, -0.15) is 0 Å². The van der Waals surface area contributed by atoms with Gasteiger partial charge in [0.1, 0.15) is 0 Å². The van der Waals surface area contributed by atoms with Gasteiger partial charge in [0.05, 0.1) is 30.2 Å². The number of hydrogen-bond acceptors (Lipinski definition) is 5. The topological polar surface area (TPSA) is 65.1 Å². The van der Waals surface area contributed by atoms with Crippen molar-refractivity contribution in [2.45, 2.75) is 71.5 Å². The van der Waals surface area contributed by atoms with E-state index in [9.17, 15) is 9.59 Å². The van der Waals surface area contributed by atoms with Crippen LogP contribution in [0.5, 0.6) is 0 Å². The number of benzene rings is 1. The van der Waals surface area contributed by atoms with Crippen molar-refractivity contribution < 1.29 is 23.6 Å². The molecule has 1 saturated heterocycles. The van der Waals surface area contributed by atoms with Gasteiger partial charge in [0.25, 0.3) is 5.91 Å². The van der Waals surface area contributed by atoms with Crippen LogP contribution in [0.25, 0.3) is 0 Å². The molecule has 7 heteroatoms. The van der Waals surface area contributed by atoms with E-state index in [1.807, 2.05) is 52.8 Å². The van der Waals surface area contributed by atoms with Gasteiger partial charge < -0.3 is 18.9 Å². The summed E-state index contributed by atoms with van der Waals surface area (Å²) in [7, 11) is -0.714. The van der Waals surface area contributed by atoms with Gasteiger partial charge in [-0.1, -0.05) is 25.1 Å². The lowest BCUT2D eigenvalue weighted by Gasteiger charge is -2.32. The molecule has 0 unspecified atom stereocenters. The van der Waals surface area contributed by atoms with Crippen LogP contribution in [-0.4, -0.2) is 54.2 Å². The fourth-order valence-corrected chi connectivity index (χ4v) is 3.20. The monoisotopic (exact) mass is 389 g/mol. The zero-order valence-electron chi connectivity index (χ0n) is 17.9. The van der Waals surface area contributed by atoms with E-state index in [2.05, 4.69) is 0 Å². The Morgan fingerprint density at radius 2 is 1.64 bits per heavy atom. The summed E-state index contributed by atoms with van der Waals surface area (Å²) < 4.78 is 17.6. The van der Waals surface area contributed by atoms with Crippen molar-refractivity contribution in [3.63, 3.8) is 0 Å². The molecule has 1 fully saturated rings. The molecule has 154 valence electrons. The van der Waals surface area contributed by atoms with Gasteiger partial charge in [0.2, 0.25) is 0 Å². The van der Waals surface area contributed by atoms with Gasteiger partial charge >= 0.3 is 13.1 Å². The van der Waals surface area contributed by atoms with Crippen LogP contribution in [0.3, 0.4) is 0 Å². The van der Waals surface area contributed by atoms with Crippen LogP contribution >= 0.6 is 0 Å². The van der Waals surface area contributed by atoms with Crippen LogP contribution < -0.4 is 0 Å². The summed E-state index contributed by atoms with van der Waals surface area (Å²) >= 11 is 0. The normalized spacial score (nSPS) is 18.6. The molecule has 0 saturated carbocycles. The van der Waals surface area contributed by atoms with E-state index in [0.717, 1.165) is 6.42 Å². The van der Waals surface area contributed by atoms with Crippen molar-refractivity contribution in [2.24, 2.45) is 0 Å². The highest BCUT2D eigenvalue weighted by atomic mass is 16.7. The summed E-state index contributed by atoms with van der Waals surface area (Å²) in [5.41, 5.74) is -0.544. The predicted molar refractivity (Wildman–Crippen MR) is 109 cm³/mol. The third-order valence-corrected chi connectivity index (χ3v) is 5.41. The number of hydrogen-bond donors (Lipinski definition) is 0. The van der Waals surface area contributed by atoms with Crippen molar-refractivity contribution in [1.29, 1.82) is 0 Å². The van der Waals surface area contributed by atoms with E-state index in [1.165, 1.54) is 0 Å². The first kappa shape index (κ1) is 22.4.